The number of fused-ring (bicyclic) bond motifs is 2. The lowest BCUT2D eigenvalue weighted by Crippen LogP contribution is -2.29. The van der Waals surface area contributed by atoms with Crippen LogP contribution in [0.15, 0.2) is 71.7 Å². The van der Waals surface area contributed by atoms with Crippen LogP contribution in [0, 0.1) is 0 Å². The van der Waals surface area contributed by atoms with Crippen molar-refractivity contribution in [2.24, 2.45) is 7.05 Å². The van der Waals surface area contributed by atoms with Gasteiger partial charge in [0, 0.05) is 68.4 Å². The number of aromatic nitrogens is 2. The Hall–Kier alpha value is -3.38. The Bertz CT molecular complexity index is 1900. The van der Waals surface area contributed by atoms with Crippen molar-refractivity contribution >= 4 is 58.0 Å². The molecule has 1 atom stereocenters. The van der Waals surface area contributed by atoms with Gasteiger partial charge >= 0.3 is 0 Å². The molecule has 0 aliphatic carbocycles. The number of nitrogens with one attached hydrogen (secondary N) is 1. The van der Waals surface area contributed by atoms with Gasteiger partial charge in [0.2, 0.25) is 5.43 Å². The molecule has 0 spiro atoms. The van der Waals surface area contributed by atoms with Crippen LogP contribution in [0.4, 0.5) is 0 Å². The van der Waals surface area contributed by atoms with Crippen LogP contribution in [-0.2, 0) is 31.5 Å². The lowest BCUT2D eigenvalue weighted by Gasteiger charge is -2.21. The van der Waals surface area contributed by atoms with Crippen molar-refractivity contribution in [2.45, 2.75) is 51.5 Å². The number of aliphatic hydroxyl groups is 1. The van der Waals surface area contributed by atoms with Crippen LogP contribution in [0.2, 0.25) is 30.7 Å². The Kier molecular flexibility index (Phi) is 10.8. The molecule has 8 nitrogen and oxygen atoms in total. The number of hydrogen-bond donors (Lipinski definition) is 2. The molecule has 0 bridgehead atoms. The van der Waals surface area contributed by atoms with Gasteiger partial charge in [0.15, 0.2) is 0 Å². The van der Waals surface area contributed by atoms with Gasteiger partial charge in [-0.25, -0.2) is 0 Å². The highest BCUT2D eigenvalue weighted by molar-refractivity contribution is 7.19. The monoisotopic (exact) mass is 676 g/mol. The first-order valence-electron chi connectivity index (χ1n) is 15.4. The number of carbonyl (C=O) groups excluding carboxylic acids is 1. The summed E-state index contributed by atoms with van der Waals surface area (Å²) in [4.78, 5) is 34.7. The molecule has 0 radical (unpaired) electrons. The van der Waals surface area contributed by atoms with Crippen LogP contribution < -0.4 is 10.7 Å². The van der Waals surface area contributed by atoms with Gasteiger partial charge in [-0.3, -0.25) is 19.5 Å². The number of carbonyl (C=O) groups is 1. The molecule has 5 rings (SSSR count). The van der Waals surface area contributed by atoms with Crippen LogP contribution in [0.1, 0.15) is 38.2 Å². The van der Waals surface area contributed by atoms with E-state index in [1.807, 2.05) is 72.1 Å². The zero-order chi connectivity index (χ0) is 33.0. The third-order valence-corrected chi connectivity index (χ3v) is 11.1. The second-order valence-electron chi connectivity index (χ2n) is 13.0. The molecule has 3 heterocycles. The van der Waals surface area contributed by atoms with E-state index in [-0.39, 0.29) is 17.5 Å². The number of aryl methyl sites for hydroxylation is 1. The molecule has 0 saturated carbocycles. The van der Waals surface area contributed by atoms with Gasteiger partial charge in [0.25, 0.3) is 5.91 Å². The molecule has 0 aliphatic rings. The number of ether oxygens (including phenoxy) is 1. The molecule has 242 valence electrons. The molecular formula is C35H41ClN4O4SSi. The maximum atomic E-state index is 13.8. The summed E-state index contributed by atoms with van der Waals surface area (Å²) in [5.74, 6) is -0.427. The van der Waals surface area contributed by atoms with E-state index < -0.39 is 20.1 Å². The van der Waals surface area contributed by atoms with E-state index in [2.05, 4.69) is 29.9 Å². The van der Waals surface area contributed by atoms with Gasteiger partial charge in [0.05, 0.1) is 28.0 Å². The summed E-state index contributed by atoms with van der Waals surface area (Å²) < 4.78 is 8.58. The molecule has 0 aliphatic heterocycles. The van der Waals surface area contributed by atoms with Crippen LogP contribution >= 0.6 is 22.9 Å². The Morgan fingerprint density at radius 1 is 1.13 bits per heavy atom. The van der Waals surface area contributed by atoms with Crippen molar-refractivity contribution in [3.05, 3.63) is 109 Å². The highest BCUT2D eigenvalue weighted by Gasteiger charge is 2.23. The second-order valence-corrected chi connectivity index (χ2v) is 20.1. The lowest BCUT2D eigenvalue weighted by molar-refractivity contribution is 0.0949. The predicted octanol–water partition coefficient (Wildman–Crippen LogP) is 6.75. The summed E-state index contributed by atoms with van der Waals surface area (Å²) in [5.41, 5.74) is 3.84. The van der Waals surface area contributed by atoms with E-state index in [4.69, 9.17) is 16.3 Å². The van der Waals surface area contributed by atoms with E-state index in [0.717, 1.165) is 38.5 Å². The number of hydrogen-bond acceptors (Lipinski definition) is 7. The molecule has 5 aromatic rings. The van der Waals surface area contributed by atoms with Crippen molar-refractivity contribution in [3.8, 4) is 0 Å². The minimum Gasteiger partial charge on any atom is -0.385 e. The van der Waals surface area contributed by atoms with Crippen molar-refractivity contribution in [3.63, 3.8) is 0 Å². The third kappa shape index (κ3) is 8.30. The largest absolute Gasteiger partial charge is 0.385 e. The highest BCUT2D eigenvalue weighted by Crippen LogP contribution is 2.32. The molecule has 1 unspecified atom stereocenters. The fourth-order valence-electron chi connectivity index (χ4n) is 5.30. The van der Waals surface area contributed by atoms with Gasteiger partial charge in [-0.2, -0.15) is 0 Å². The first kappa shape index (κ1) is 34.0. The number of halogens is 1. The Balaban J connectivity index is 1.40. The van der Waals surface area contributed by atoms with Gasteiger partial charge in [0.1, 0.15) is 11.7 Å². The smallest absolute Gasteiger partial charge is 0.257 e. The Morgan fingerprint density at radius 2 is 1.87 bits per heavy atom. The first-order chi connectivity index (χ1) is 21.9. The molecule has 0 saturated heterocycles. The summed E-state index contributed by atoms with van der Waals surface area (Å²) in [7, 11) is 2.52. The Labute approximate surface area is 279 Å². The fraction of sp³-hybridized carbons (Fsp3) is 0.343. The van der Waals surface area contributed by atoms with Crippen molar-refractivity contribution in [2.75, 3.05) is 20.2 Å². The predicted molar refractivity (Wildman–Crippen MR) is 191 cm³/mol. The number of amides is 1. The Morgan fingerprint density at radius 3 is 2.61 bits per heavy atom. The molecule has 11 heteroatoms. The van der Waals surface area contributed by atoms with Gasteiger partial charge in [-0.15, -0.1) is 11.3 Å². The number of para-hydroxylation sites is 1. The molecule has 1 amide bonds. The van der Waals surface area contributed by atoms with Crippen molar-refractivity contribution < 1.29 is 14.6 Å². The number of thiophene rings is 1. The van der Waals surface area contributed by atoms with Crippen molar-refractivity contribution in [1.29, 1.82) is 0 Å². The number of pyridine rings is 2. The topological polar surface area (TPSA) is 96.7 Å². The quantitative estimate of drug-likeness (QED) is 0.106. The van der Waals surface area contributed by atoms with Gasteiger partial charge < -0.3 is 19.7 Å². The van der Waals surface area contributed by atoms with Crippen LogP contribution in [0.25, 0.3) is 21.1 Å². The average molecular weight is 677 g/mol. The van der Waals surface area contributed by atoms with Crippen molar-refractivity contribution in [1.82, 2.24) is 19.8 Å². The molecular weight excluding hydrogens is 636 g/mol. The maximum absolute atomic E-state index is 13.8. The van der Waals surface area contributed by atoms with Crippen LogP contribution in [0.3, 0.4) is 0 Å². The first-order valence-corrected chi connectivity index (χ1v) is 20.3. The van der Waals surface area contributed by atoms with Gasteiger partial charge in [-0.05, 0) is 42.9 Å². The number of aliphatic hydroxyl groups excluding tert-OH is 1. The standard InChI is InChI=1S/C35H41ClN4O4SSi/c1-39(20-30(41)29-15-12-24-8-6-7-9-28(24)38-29)21-31-27(22-44-16-17-46(3,4)5)32-34(45-31)33(42)26(19-40(32)2)35(43)37-18-23-10-13-25(36)14-11-23/h6-15,19,30,41H,16-18,20-22H2,1-5H3,(H,37,43). The van der Waals surface area contributed by atoms with Gasteiger partial charge in [-0.1, -0.05) is 67.6 Å². The van der Waals surface area contributed by atoms with E-state index >= 15 is 0 Å². The van der Waals surface area contributed by atoms with E-state index in [0.29, 0.717) is 41.7 Å². The number of nitrogens with zero attached hydrogens (tertiary/aromatic N) is 3. The lowest BCUT2D eigenvalue weighted by atomic mass is 10.1. The van der Waals surface area contributed by atoms with Crippen LogP contribution in [0.5, 0.6) is 0 Å². The number of likely N-dealkylation sites (N-methyl/N-ethyl adjacent to an activating group) is 1. The minimum atomic E-state index is -1.29. The average Bonchev–Trinajstić information content (AvgIpc) is 3.38. The molecule has 2 N–H and O–H groups in total. The zero-order valence-corrected chi connectivity index (χ0v) is 29.5. The maximum Gasteiger partial charge on any atom is 0.257 e. The fourth-order valence-corrected chi connectivity index (χ4v) is 7.56. The summed E-state index contributed by atoms with van der Waals surface area (Å²) in [6.45, 7) is 9.08. The summed E-state index contributed by atoms with van der Waals surface area (Å²) in [6, 6.07) is 19.9. The molecule has 2 aromatic carbocycles. The van der Waals surface area contributed by atoms with E-state index in [1.54, 1.807) is 18.3 Å². The molecule has 0 fully saturated rings. The summed E-state index contributed by atoms with van der Waals surface area (Å²) in [5, 5.41) is 15.6. The number of rotatable bonds is 13. The highest BCUT2D eigenvalue weighted by atomic mass is 35.5. The number of benzene rings is 2. The normalized spacial score (nSPS) is 12.7. The van der Waals surface area contributed by atoms with E-state index in [1.165, 1.54) is 11.3 Å². The third-order valence-electron chi connectivity index (χ3n) is 7.90. The van der Waals surface area contributed by atoms with E-state index in [9.17, 15) is 14.7 Å². The zero-order valence-electron chi connectivity index (χ0n) is 27.0. The van der Waals surface area contributed by atoms with Crippen LogP contribution in [-0.4, -0.2) is 53.7 Å². The summed E-state index contributed by atoms with van der Waals surface area (Å²) >= 11 is 7.38. The summed E-state index contributed by atoms with van der Waals surface area (Å²) in [6.07, 6.45) is 0.825. The SMILES string of the molecule is CN(Cc1sc2c(=O)c(C(=O)NCc3ccc(Cl)cc3)cn(C)c2c1COCC[Si](C)(C)C)CC(O)c1ccc2ccccc2n1. The molecule has 46 heavy (non-hydrogen) atoms. The minimum absolute atomic E-state index is 0.0918. The second kappa shape index (κ2) is 14.6. The molecule has 3 aromatic heterocycles.